The largest absolute Gasteiger partial charge is 0.512 e. The van der Waals surface area contributed by atoms with Crippen LogP contribution in [0.4, 0.5) is 26.3 Å². The Bertz CT molecular complexity index is 619. The molecule has 0 aromatic rings. The Hall–Kier alpha value is -1.16. The Labute approximate surface area is 126 Å². The van der Waals surface area contributed by atoms with Gasteiger partial charge in [-0.3, -0.25) is 10.1 Å². The summed E-state index contributed by atoms with van der Waals surface area (Å²) < 4.78 is 119. The van der Waals surface area contributed by atoms with Crippen molar-refractivity contribution in [3.63, 3.8) is 0 Å². The molecule has 0 aliphatic rings. The summed E-state index contributed by atoms with van der Waals surface area (Å²) in [5.41, 5.74) is -16.7. The normalized spacial score (nSPS) is 15.0. The minimum Gasteiger partial charge on any atom is -0.262 e. The molecule has 0 aliphatic heterocycles. The summed E-state index contributed by atoms with van der Waals surface area (Å²) in [7, 11) is -14.4. The van der Waals surface area contributed by atoms with Crippen LogP contribution in [-0.2, 0) is 20.0 Å². The molecule has 0 saturated heterocycles. The second kappa shape index (κ2) is 6.04. The first-order valence-electron chi connectivity index (χ1n) is 5.51. The molecule has 0 amide bonds. The van der Waals surface area contributed by atoms with E-state index in [2.05, 4.69) is 0 Å². The van der Waals surface area contributed by atoms with Gasteiger partial charge in [-0.05, 0) is 3.71 Å². The number of hydrogen-bond donors (Lipinski definition) is 0. The molecular formula is C7H10F6N2O6S2. The molecule has 0 aromatic carbocycles. The van der Waals surface area contributed by atoms with Gasteiger partial charge in [-0.15, -0.1) is 0 Å². The lowest BCUT2D eigenvalue weighted by atomic mass is 10.1. The maximum atomic E-state index is 12.6. The van der Waals surface area contributed by atoms with E-state index in [-0.39, 0.29) is 0 Å². The van der Waals surface area contributed by atoms with Gasteiger partial charge in [-0.2, -0.15) is 26.3 Å². The molecule has 138 valence electrons. The van der Waals surface area contributed by atoms with Crippen molar-refractivity contribution in [2.45, 2.75) is 43.4 Å². The molecule has 16 heteroatoms. The zero-order valence-corrected chi connectivity index (χ0v) is 13.0. The van der Waals surface area contributed by atoms with Gasteiger partial charge in [-0.1, -0.05) is 13.8 Å². The number of nitrogens with zero attached hydrogens (tertiary/aromatic N) is 2. The van der Waals surface area contributed by atoms with Crippen molar-refractivity contribution in [3.8, 4) is 0 Å². The third-order valence-electron chi connectivity index (χ3n) is 2.83. The number of sulfonamides is 2. The SMILES string of the molecule is CCC(CC)(N(S(=O)(=O)C(F)(F)F)S(=O)(=O)C(F)(F)F)[N+](=O)[O-]. The van der Waals surface area contributed by atoms with Gasteiger partial charge in [0.2, 0.25) is 0 Å². The fraction of sp³-hybridized carbons (Fsp3) is 1.00. The maximum Gasteiger partial charge on any atom is 0.512 e. The molecule has 0 heterocycles. The molecule has 0 N–H and O–H groups in total. The summed E-state index contributed by atoms with van der Waals surface area (Å²) >= 11 is 0. The van der Waals surface area contributed by atoms with Crippen LogP contribution in [0.5, 0.6) is 0 Å². The number of alkyl halides is 6. The molecule has 0 fully saturated rings. The summed E-state index contributed by atoms with van der Waals surface area (Å²) in [5.74, 6) is 0. The highest BCUT2D eigenvalue weighted by Gasteiger charge is 2.71. The number of hydrogen-bond acceptors (Lipinski definition) is 6. The quantitative estimate of drug-likeness (QED) is 0.293. The van der Waals surface area contributed by atoms with Gasteiger partial charge < -0.3 is 0 Å². The summed E-state index contributed by atoms with van der Waals surface area (Å²) in [6.07, 6.45) is -2.53. The molecule has 8 nitrogen and oxygen atoms in total. The molecule has 0 saturated carbocycles. The van der Waals surface area contributed by atoms with Crippen molar-refractivity contribution in [3.05, 3.63) is 10.1 Å². The first kappa shape index (κ1) is 21.8. The average Bonchev–Trinajstić information content (AvgIpc) is 2.31. The highest BCUT2D eigenvalue weighted by molar-refractivity contribution is 8.04. The fourth-order valence-corrected chi connectivity index (χ4v) is 5.06. The summed E-state index contributed by atoms with van der Waals surface area (Å²) in [6.45, 7) is 1.36. The molecule has 0 rings (SSSR count). The van der Waals surface area contributed by atoms with Gasteiger partial charge in [-0.25, -0.2) is 16.8 Å². The van der Waals surface area contributed by atoms with Gasteiger partial charge in [0.25, 0.3) is 0 Å². The Kier molecular flexibility index (Phi) is 5.74. The molecule has 0 unspecified atom stereocenters. The second-order valence-electron chi connectivity index (χ2n) is 4.05. The van der Waals surface area contributed by atoms with E-state index in [4.69, 9.17) is 0 Å². The van der Waals surface area contributed by atoms with E-state index in [1.807, 2.05) is 0 Å². The van der Waals surface area contributed by atoms with Crippen molar-refractivity contribution in [2.24, 2.45) is 0 Å². The van der Waals surface area contributed by atoms with Crippen molar-refractivity contribution in [1.29, 1.82) is 0 Å². The van der Waals surface area contributed by atoms with Crippen LogP contribution < -0.4 is 0 Å². The lowest BCUT2D eigenvalue weighted by molar-refractivity contribution is -0.588. The lowest BCUT2D eigenvalue weighted by Gasteiger charge is -2.33. The molecule has 0 spiro atoms. The average molecular weight is 396 g/mol. The standard InChI is InChI=1S/C7H10F6N2O6S2/c1-3-5(4-2,14(16)17)15(22(18,19)6(8,9)10)23(20,21)7(11,12)13/h3-4H2,1-2H3. The highest BCUT2D eigenvalue weighted by Crippen LogP contribution is 2.42. The first-order chi connectivity index (χ1) is 9.93. The summed E-state index contributed by atoms with van der Waals surface area (Å²) in [6, 6.07) is 0. The minimum atomic E-state index is -7.22. The molecule has 0 bridgehead atoms. The second-order valence-corrected chi connectivity index (χ2v) is 7.83. The molecule has 0 aromatic heterocycles. The van der Waals surface area contributed by atoms with Crippen molar-refractivity contribution in [1.82, 2.24) is 3.71 Å². The third-order valence-corrected chi connectivity index (χ3v) is 6.73. The van der Waals surface area contributed by atoms with E-state index in [0.717, 1.165) is 0 Å². The van der Waals surface area contributed by atoms with E-state index in [1.54, 1.807) is 0 Å². The Balaban J connectivity index is 7.05. The van der Waals surface area contributed by atoms with Crippen LogP contribution in [0.25, 0.3) is 0 Å². The molecule has 0 aliphatic carbocycles. The lowest BCUT2D eigenvalue weighted by Crippen LogP contribution is -2.63. The Morgan fingerprint density at radius 1 is 0.870 bits per heavy atom. The first-order valence-corrected chi connectivity index (χ1v) is 8.39. The van der Waals surface area contributed by atoms with E-state index in [0.29, 0.717) is 13.8 Å². The summed E-state index contributed by atoms with van der Waals surface area (Å²) in [5, 5.41) is 11.0. The molecule has 0 atom stereocenters. The van der Waals surface area contributed by atoms with E-state index >= 15 is 0 Å². The molecule has 0 radical (unpaired) electrons. The van der Waals surface area contributed by atoms with Crippen LogP contribution in [0.3, 0.4) is 0 Å². The van der Waals surface area contributed by atoms with E-state index in [1.165, 1.54) is 0 Å². The predicted molar refractivity (Wildman–Crippen MR) is 62.1 cm³/mol. The smallest absolute Gasteiger partial charge is 0.262 e. The van der Waals surface area contributed by atoms with Gasteiger partial charge in [0, 0.05) is 17.8 Å². The number of rotatable bonds is 6. The van der Waals surface area contributed by atoms with Crippen LogP contribution in [0.1, 0.15) is 26.7 Å². The zero-order chi connectivity index (χ0) is 19.1. The minimum absolute atomic E-state index is 0.678. The number of halogens is 6. The summed E-state index contributed by atoms with van der Waals surface area (Å²) in [4.78, 5) is 9.17. The van der Waals surface area contributed by atoms with Crippen LogP contribution in [-0.4, -0.2) is 42.1 Å². The van der Waals surface area contributed by atoms with Gasteiger partial charge in [0.1, 0.15) is 0 Å². The van der Waals surface area contributed by atoms with E-state index in [9.17, 15) is 53.3 Å². The van der Waals surface area contributed by atoms with Crippen molar-refractivity contribution >= 4 is 20.0 Å². The van der Waals surface area contributed by atoms with Gasteiger partial charge >= 0.3 is 36.7 Å². The number of nitro groups is 1. The Morgan fingerprint density at radius 3 is 1.26 bits per heavy atom. The molecule has 23 heavy (non-hydrogen) atoms. The predicted octanol–water partition coefficient (Wildman–Crippen LogP) is 1.78. The third kappa shape index (κ3) is 3.37. The monoisotopic (exact) mass is 396 g/mol. The topological polar surface area (TPSA) is 115 Å². The van der Waals surface area contributed by atoms with Crippen molar-refractivity contribution < 1.29 is 48.1 Å². The van der Waals surface area contributed by atoms with E-state index < -0.39 is 58.2 Å². The molecular weight excluding hydrogens is 386 g/mol. The highest BCUT2D eigenvalue weighted by atomic mass is 32.3. The van der Waals surface area contributed by atoms with Crippen LogP contribution >= 0.6 is 0 Å². The van der Waals surface area contributed by atoms with Gasteiger partial charge in [0.05, 0.1) is 0 Å². The fourth-order valence-electron chi connectivity index (χ4n) is 1.60. The van der Waals surface area contributed by atoms with Crippen LogP contribution in [0.15, 0.2) is 0 Å². The maximum absolute atomic E-state index is 12.6. The zero-order valence-electron chi connectivity index (χ0n) is 11.3. The van der Waals surface area contributed by atoms with Crippen LogP contribution in [0, 0.1) is 10.1 Å². The Morgan fingerprint density at radius 2 is 1.13 bits per heavy atom. The van der Waals surface area contributed by atoms with Crippen LogP contribution in [0.2, 0.25) is 0 Å². The van der Waals surface area contributed by atoms with Crippen molar-refractivity contribution in [2.75, 3.05) is 0 Å². The van der Waals surface area contributed by atoms with Gasteiger partial charge in [0.15, 0.2) is 0 Å².